The number of rotatable bonds is 3. The molecule has 0 radical (unpaired) electrons. The van der Waals surface area contributed by atoms with Crippen molar-refractivity contribution >= 4 is 44.2 Å². The molecule has 2 rings (SSSR count). The fourth-order valence-corrected chi connectivity index (χ4v) is 2.55. The Morgan fingerprint density at radius 1 is 1.11 bits per heavy atom. The first-order valence-corrected chi connectivity index (χ1v) is 7.71. The van der Waals surface area contributed by atoms with Gasteiger partial charge in [-0.15, -0.1) is 0 Å². The normalized spacial score (nSPS) is 12.2. The predicted octanol–water partition coefficient (Wildman–Crippen LogP) is 5.54. The lowest BCUT2D eigenvalue weighted by atomic mass is 10.1. The molecule has 0 fully saturated rings. The maximum Gasteiger partial charge on any atom is 0.0485 e. The third-order valence-corrected chi connectivity index (χ3v) is 4.62. The van der Waals surface area contributed by atoms with E-state index in [2.05, 4.69) is 100 Å². The molecule has 0 aliphatic heterocycles. The summed E-state index contributed by atoms with van der Waals surface area (Å²) in [5.41, 5.74) is 3.77. The molecule has 0 heterocycles. The number of nitrogens with one attached hydrogen (secondary N) is 1. The van der Waals surface area contributed by atoms with Gasteiger partial charge in [-0.05, 0) is 71.8 Å². The summed E-state index contributed by atoms with van der Waals surface area (Å²) in [6, 6.07) is 15.2. The minimum Gasteiger partial charge on any atom is -0.378 e. The Balaban J connectivity index is 2.13. The molecule has 94 valence electrons. The van der Waals surface area contributed by atoms with Gasteiger partial charge in [0.1, 0.15) is 0 Å². The van der Waals surface area contributed by atoms with Crippen molar-refractivity contribution in [1.29, 1.82) is 0 Å². The lowest BCUT2D eigenvalue weighted by molar-refractivity contribution is 0.884. The standard InChI is InChI=1S/C15H15BrIN/c1-10-3-8-14(9-15(10)17)18-11(2)12-4-6-13(16)7-5-12/h3-9,11,18H,1-2H3. The highest BCUT2D eigenvalue weighted by atomic mass is 127. The maximum atomic E-state index is 3.53. The molecule has 0 aliphatic carbocycles. The van der Waals surface area contributed by atoms with Gasteiger partial charge in [0, 0.05) is 19.8 Å². The van der Waals surface area contributed by atoms with Crippen LogP contribution in [0.2, 0.25) is 0 Å². The van der Waals surface area contributed by atoms with E-state index in [1.54, 1.807) is 0 Å². The first-order valence-electron chi connectivity index (χ1n) is 5.84. The SMILES string of the molecule is Cc1ccc(NC(C)c2ccc(Br)cc2)cc1I. The number of aryl methyl sites for hydroxylation is 1. The second-order valence-corrected chi connectivity index (χ2v) is 6.46. The largest absolute Gasteiger partial charge is 0.378 e. The zero-order valence-electron chi connectivity index (χ0n) is 10.4. The average Bonchev–Trinajstić information content (AvgIpc) is 2.34. The van der Waals surface area contributed by atoms with Gasteiger partial charge >= 0.3 is 0 Å². The Hall–Kier alpha value is -0.550. The molecule has 1 unspecified atom stereocenters. The van der Waals surface area contributed by atoms with E-state index in [1.807, 2.05) is 0 Å². The summed E-state index contributed by atoms with van der Waals surface area (Å²) in [4.78, 5) is 0. The topological polar surface area (TPSA) is 12.0 Å². The molecule has 0 bridgehead atoms. The number of hydrogen-bond acceptors (Lipinski definition) is 1. The van der Waals surface area contributed by atoms with E-state index < -0.39 is 0 Å². The van der Waals surface area contributed by atoms with E-state index in [-0.39, 0.29) is 0 Å². The molecule has 0 aromatic heterocycles. The van der Waals surface area contributed by atoms with Crippen LogP contribution in [0.15, 0.2) is 46.9 Å². The quantitative estimate of drug-likeness (QED) is 0.649. The molecule has 0 saturated carbocycles. The predicted molar refractivity (Wildman–Crippen MR) is 90.1 cm³/mol. The van der Waals surface area contributed by atoms with Crippen molar-refractivity contribution < 1.29 is 0 Å². The molecular formula is C15H15BrIN. The second-order valence-electron chi connectivity index (χ2n) is 4.38. The van der Waals surface area contributed by atoms with Gasteiger partial charge in [0.2, 0.25) is 0 Å². The van der Waals surface area contributed by atoms with E-state index in [0.717, 1.165) is 4.47 Å². The van der Waals surface area contributed by atoms with Gasteiger partial charge in [-0.2, -0.15) is 0 Å². The van der Waals surface area contributed by atoms with Crippen LogP contribution in [0.4, 0.5) is 5.69 Å². The highest BCUT2D eigenvalue weighted by Gasteiger charge is 2.05. The van der Waals surface area contributed by atoms with Gasteiger partial charge in [0.25, 0.3) is 0 Å². The Morgan fingerprint density at radius 2 is 1.78 bits per heavy atom. The molecular weight excluding hydrogens is 401 g/mol. The summed E-state index contributed by atoms with van der Waals surface area (Å²) in [5.74, 6) is 0. The number of halogens is 2. The summed E-state index contributed by atoms with van der Waals surface area (Å²) in [6.45, 7) is 4.31. The van der Waals surface area contributed by atoms with E-state index in [4.69, 9.17) is 0 Å². The van der Waals surface area contributed by atoms with E-state index >= 15 is 0 Å². The molecule has 0 spiro atoms. The van der Waals surface area contributed by atoms with Gasteiger partial charge in [-0.25, -0.2) is 0 Å². The van der Waals surface area contributed by atoms with Crippen LogP contribution in [0.3, 0.4) is 0 Å². The minimum atomic E-state index is 0.302. The van der Waals surface area contributed by atoms with Crippen LogP contribution in [0, 0.1) is 10.5 Å². The molecule has 2 aromatic rings. The fraction of sp³-hybridized carbons (Fsp3) is 0.200. The van der Waals surface area contributed by atoms with E-state index in [0.29, 0.717) is 6.04 Å². The Bertz CT molecular complexity index is 537. The van der Waals surface area contributed by atoms with Crippen molar-refractivity contribution in [3.8, 4) is 0 Å². The van der Waals surface area contributed by atoms with Crippen LogP contribution in [-0.2, 0) is 0 Å². The minimum absolute atomic E-state index is 0.302. The maximum absolute atomic E-state index is 3.53. The van der Waals surface area contributed by atoms with Gasteiger partial charge in [-0.1, -0.05) is 34.1 Å². The molecule has 0 saturated heterocycles. The number of hydrogen-bond donors (Lipinski definition) is 1. The van der Waals surface area contributed by atoms with Gasteiger partial charge in [0.05, 0.1) is 0 Å². The molecule has 0 amide bonds. The highest BCUT2D eigenvalue weighted by Crippen LogP contribution is 2.23. The van der Waals surface area contributed by atoms with Crippen LogP contribution in [0.5, 0.6) is 0 Å². The van der Waals surface area contributed by atoms with Crippen LogP contribution >= 0.6 is 38.5 Å². The van der Waals surface area contributed by atoms with Crippen LogP contribution in [-0.4, -0.2) is 0 Å². The number of anilines is 1. The molecule has 1 N–H and O–H groups in total. The van der Waals surface area contributed by atoms with Gasteiger partial charge in [-0.3, -0.25) is 0 Å². The summed E-state index contributed by atoms with van der Waals surface area (Å²) >= 11 is 5.83. The smallest absolute Gasteiger partial charge is 0.0485 e. The molecule has 1 nitrogen and oxygen atoms in total. The van der Waals surface area contributed by atoms with Crippen LogP contribution < -0.4 is 5.32 Å². The van der Waals surface area contributed by atoms with Crippen molar-refractivity contribution in [1.82, 2.24) is 0 Å². The zero-order chi connectivity index (χ0) is 13.1. The zero-order valence-corrected chi connectivity index (χ0v) is 14.1. The van der Waals surface area contributed by atoms with Crippen molar-refractivity contribution in [3.05, 3.63) is 61.6 Å². The third kappa shape index (κ3) is 3.48. The summed E-state index contributed by atoms with van der Waals surface area (Å²) in [6.07, 6.45) is 0. The first kappa shape index (κ1) is 13.9. The summed E-state index contributed by atoms with van der Waals surface area (Å²) in [7, 11) is 0. The second kappa shape index (κ2) is 6.06. The van der Waals surface area contributed by atoms with E-state index in [1.165, 1.54) is 20.4 Å². The third-order valence-electron chi connectivity index (χ3n) is 2.93. The first-order chi connectivity index (χ1) is 8.56. The van der Waals surface area contributed by atoms with Crippen molar-refractivity contribution in [2.75, 3.05) is 5.32 Å². The van der Waals surface area contributed by atoms with Crippen LogP contribution in [0.1, 0.15) is 24.1 Å². The molecule has 3 heteroatoms. The lowest BCUT2D eigenvalue weighted by Crippen LogP contribution is -2.06. The molecule has 2 aromatic carbocycles. The van der Waals surface area contributed by atoms with Crippen molar-refractivity contribution in [2.45, 2.75) is 19.9 Å². The Kier molecular flexibility index (Phi) is 4.67. The van der Waals surface area contributed by atoms with Crippen molar-refractivity contribution in [2.24, 2.45) is 0 Å². The average molecular weight is 416 g/mol. The van der Waals surface area contributed by atoms with Gasteiger partial charge in [0.15, 0.2) is 0 Å². The molecule has 18 heavy (non-hydrogen) atoms. The lowest BCUT2D eigenvalue weighted by Gasteiger charge is -2.16. The summed E-state index contributed by atoms with van der Waals surface area (Å²) < 4.78 is 2.41. The Morgan fingerprint density at radius 3 is 2.39 bits per heavy atom. The highest BCUT2D eigenvalue weighted by molar-refractivity contribution is 14.1. The Labute approximate surface area is 130 Å². The molecule has 0 aliphatic rings. The van der Waals surface area contributed by atoms with Gasteiger partial charge < -0.3 is 5.32 Å². The summed E-state index contributed by atoms with van der Waals surface area (Å²) in [5, 5.41) is 3.53. The fourth-order valence-electron chi connectivity index (χ4n) is 1.77. The van der Waals surface area contributed by atoms with E-state index in [9.17, 15) is 0 Å². The van der Waals surface area contributed by atoms with Crippen LogP contribution in [0.25, 0.3) is 0 Å². The van der Waals surface area contributed by atoms with Crippen molar-refractivity contribution in [3.63, 3.8) is 0 Å². The molecule has 1 atom stereocenters. The number of benzene rings is 2. The monoisotopic (exact) mass is 415 g/mol.